The SMILES string of the molecule is COc1ccc(Cn2c(SCc3cc(=O)n4c(C)cccc4n3)nc3ccccc3c2=O)cc1. The van der Waals surface area contributed by atoms with Gasteiger partial charge in [0.15, 0.2) is 5.16 Å². The number of thioether (sulfide) groups is 1. The number of hydrogen-bond donors (Lipinski definition) is 0. The second-order valence-electron chi connectivity index (χ2n) is 7.89. The molecular weight excluding hydrogens is 448 g/mol. The van der Waals surface area contributed by atoms with Gasteiger partial charge in [-0.05, 0) is 48.9 Å². The molecular formula is C26H22N4O3S. The number of pyridine rings is 1. The van der Waals surface area contributed by atoms with Crippen molar-refractivity contribution in [2.45, 2.75) is 24.4 Å². The number of benzene rings is 2. The molecule has 3 heterocycles. The normalized spacial score (nSPS) is 11.2. The minimum atomic E-state index is -0.124. The van der Waals surface area contributed by atoms with Gasteiger partial charge in [-0.25, -0.2) is 9.97 Å². The Hall–Kier alpha value is -3.91. The summed E-state index contributed by atoms with van der Waals surface area (Å²) < 4.78 is 8.50. The summed E-state index contributed by atoms with van der Waals surface area (Å²) in [5.74, 6) is 1.17. The van der Waals surface area contributed by atoms with Crippen LogP contribution >= 0.6 is 11.8 Å². The summed E-state index contributed by atoms with van der Waals surface area (Å²) in [6, 6.07) is 22.1. The Morgan fingerprint density at radius 2 is 1.74 bits per heavy atom. The molecule has 0 atom stereocenters. The van der Waals surface area contributed by atoms with Crippen molar-refractivity contribution in [3.05, 3.63) is 110 Å². The van der Waals surface area contributed by atoms with E-state index in [0.29, 0.717) is 39.7 Å². The molecule has 0 saturated heterocycles. The van der Waals surface area contributed by atoms with Gasteiger partial charge < -0.3 is 4.74 Å². The number of aromatic nitrogens is 4. The predicted molar refractivity (Wildman–Crippen MR) is 134 cm³/mol. The van der Waals surface area contributed by atoms with E-state index in [1.54, 1.807) is 28.2 Å². The molecule has 0 fully saturated rings. The van der Waals surface area contributed by atoms with Crippen LogP contribution in [0.5, 0.6) is 5.75 Å². The van der Waals surface area contributed by atoms with E-state index in [2.05, 4.69) is 4.98 Å². The average molecular weight is 471 g/mol. The molecule has 0 aliphatic rings. The number of ether oxygens (including phenoxy) is 1. The molecule has 0 aliphatic heterocycles. The highest BCUT2D eigenvalue weighted by Gasteiger charge is 2.13. The molecule has 0 radical (unpaired) electrons. The van der Waals surface area contributed by atoms with Gasteiger partial charge in [0, 0.05) is 17.5 Å². The molecule has 0 amide bonds. The summed E-state index contributed by atoms with van der Waals surface area (Å²) >= 11 is 1.39. The second kappa shape index (κ2) is 9.15. The lowest BCUT2D eigenvalue weighted by Gasteiger charge is -2.14. The van der Waals surface area contributed by atoms with Gasteiger partial charge in [0.25, 0.3) is 11.1 Å². The van der Waals surface area contributed by atoms with Crippen molar-refractivity contribution < 1.29 is 4.74 Å². The quantitative estimate of drug-likeness (QED) is 0.275. The summed E-state index contributed by atoms with van der Waals surface area (Å²) in [5.41, 5.74) is 3.44. The van der Waals surface area contributed by atoms with Crippen LogP contribution in [0, 0.1) is 6.92 Å². The van der Waals surface area contributed by atoms with Crippen LogP contribution in [0.3, 0.4) is 0 Å². The molecule has 3 aromatic heterocycles. The Labute approximate surface area is 199 Å². The van der Waals surface area contributed by atoms with E-state index >= 15 is 0 Å². The second-order valence-corrected chi connectivity index (χ2v) is 8.83. The van der Waals surface area contributed by atoms with Crippen LogP contribution in [0.2, 0.25) is 0 Å². The Morgan fingerprint density at radius 1 is 0.941 bits per heavy atom. The van der Waals surface area contributed by atoms with Crippen molar-refractivity contribution in [1.29, 1.82) is 0 Å². The van der Waals surface area contributed by atoms with Crippen molar-refractivity contribution >= 4 is 28.3 Å². The van der Waals surface area contributed by atoms with Gasteiger partial charge >= 0.3 is 0 Å². The summed E-state index contributed by atoms with van der Waals surface area (Å²) in [6.07, 6.45) is 0. The minimum absolute atomic E-state index is 0.105. The van der Waals surface area contributed by atoms with Gasteiger partial charge in [0.1, 0.15) is 11.4 Å². The summed E-state index contributed by atoms with van der Waals surface area (Å²) in [6.45, 7) is 2.25. The van der Waals surface area contributed by atoms with Crippen molar-refractivity contribution in [2.75, 3.05) is 7.11 Å². The molecule has 34 heavy (non-hydrogen) atoms. The fourth-order valence-corrected chi connectivity index (χ4v) is 4.78. The van der Waals surface area contributed by atoms with Crippen LogP contribution in [-0.4, -0.2) is 26.0 Å². The molecule has 0 spiro atoms. The molecule has 0 N–H and O–H groups in total. The van der Waals surface area contributed by atoms with E-state index in [1.165, 1.54) is 11.8 Å². The van der Waals surface area contributed by atoms with E-state index in [9.17, 15) is 9.59 Å². The number of methoxy groups -OCH3 is 1. The van der Waals surface area contributed by atoms with Gasteiger partial charge in [0.2, 0.25) is 0 Å². The minimum Gasteiger partial charge on any atom is -0.497 e. The zero-order chi connectivity index (χ0) is 23.7. The Bertz CT molecular complexity index is 1620. The molecule has 7 nitrogen and oxygen atoms in total. The Kier molecular flexibility index (Phi) is 5.90. The summed E-state index contributed by atoms with van der Waals surface area (Å²) in [4.78, 5) is 35.4. The smallest absolute Gasteiger partial charge is 0.262 e. The molecule has 5 rings (SSSR count). The Morgan fingerprint density at radius 3 is 2.53 bits per heavy atom. The van der Waals surface area contributed by atoms with E-state index in [4.69, 9.17) is 9.72 Å². The molecule has 170 valence electrons. The average Bonchev–Trinajstić information content (AvgIpc) is 2.85. The van der Waals surface area contributed by atoms with E-state index in [-0.39, 0.29) is 11.1 Å². The topological polar surface area (TPSA) is 78.5 Å². The van der Waals surface area contributed by atoms with Gasteiger partial charge in [-0.15, -0.1) is 0 Å². The first-order chi connectivity index (χ1) is 16.5. The molecule has 0 saturated carbocycles. The highest BCUT2D eigenvalue weighted by Crippen LogP contribution is 2.23. The van der Waals surface area contributed by atoms with Crippen molar-refractivity contribution in [3.63, 3.8) is 0 Å². The van der Waals surface area contributed by atoms with Gasteiger partial charge in [-0.2, -0.15) is 0 Å². The third kappa shape index (κ3) is 4.20. The van der Waals surface area contributed by atoms with E-state index < -0.39 is 0 Å². The van der Waals surface area contributed by atoms with Crippen LogP contribution in [0.25, 0.3) is 16.6 Å². The monoisotopic (exact) mass is 470 g/mol. The number of nitrogens with zero attached hydrogens (tertiary/aromatic N) is 4. The van der Waals surface area contributed by atoms with E-state index in [0.717, 1.165) is 17.0 Å². The Balaban J connectivity index is 1.53. The van der Waals surface area contributed by atoms with Crippen molar-refractivity contribution in [1.82, 2.24) is 18.9 Å². The standard InChI is InChI=1S/C26H22N4O3S/c1-17-6-5-9-23-27-19(14-24(31)30(17)23)16-34-26-28-22-8-4-3-7-21(22)25(32)29(26)15-18-10-12-20(33-2)13-11-18/h3-14H,15-16H2,1-2H3. The fraction of sp³-hybridized carbons (Fsp3) is 0.154. The first-order valence-electron chi connectivity index (χ1n) is 10.8. The number of rotatable bonds is 6. The maximum Gasteiger partial charge on any atom is 0.262 e. The highest BCUT2D eigenvalue weighted by atomic mass is 32.2. The lowest BCUT2D eigenvalue weighted by Crippen LogP contribution is -2.24. The molecule has 2 aromatic carbocycles. The molecule has 8 heteroatoms. The number of aryl methyl sites for hydroxylation is 1. The zero-order valence-corrected chi connectivity index (χ0v) is 19.6. The molecule has 0 bridgehead atoms. The van der Waals surface area contributed by atoms with Crippen molar-refractivity contribution in [3.8, 4) is 5.75 Å². The maximum atomic E-state index is 13.4. The highest BCUT2D eigenvalue weighted by molar-refractivity contribution is 7.98. The third-order valence-corrected chi connectivity index (χ3v) is 6.62. The van der Waals surface area contributed by atoms with Crippen LogP contribution < -0.4 is 15.9 Å². The maximum absolute atomic E-state index is 13.4. The fourth-order valence-electron chi connectivity index (χ4n) is 3.89. The largest absolute Gasteiger partial charge is 0.497 e. The first kappa shape index (κ1) is 21.9. The molecule has 0 unspecified atom stereocenters. The van der Waals surface area contributed by atoms with Crippen molar-refractivity contribution in [2.24, 2.45) is 0 Å². The van der Waals surface area contributed by atoms with Crippen LogP contribution in [0.4, 0.5) is 0 Å². The first-order valence-corrected chi connectivity index (χ1v) is 11.8. The van der Waals surface area contributed by atoms with Gasteiger partial charge in [-0.1, -0.05) is 42.1 Å². The van der Waals surface area contributed by atoms with E-state index in [1.807, 2.05) is 67.6 Å². The molecule has 0 aliphatic carbocycles. The number of para-hydroxylation sites is 1. The summed E-state index contributed by atoms with van der Waals surface area (Å²) in [5, 5.41) is 1.14. The summed E-state index contributed by atoms with van der Waals surface area (Å²) in [7, 11) is 1.62. The zero-order valence-electron chi connectivity index (χ0n) is 18.8. The number of fused-ring (bicyclic) bond motifs is 2. The number of hydrogen-bond acceptors (Lipinski definition) is 6. The van der Waals surface area contributed by atoms with Crippen LogP contribution in [0.1, 0.15) is 17.0 Å². The lowest BCUT2D eigenvalue weighted by molar-refractivity contribution is 0.414. The van der Waals surface area contributed by atoms with Crippen LogP contribution in [0.15, 0.2) is 87.5 Å². The van der Waals surface area contributed by atoms with Crippen LogP contribution in [-0.2, 0) is 12.3 Å². The van der Waals surface area contributed by atoms with Gasteiger partial charge in [-0.3, -0.25) is 18.6 Å². The lowest BCUT2D eigenvalue weighted by atomic mass is 10.2. The molecule has 5 aromatic rings. The van der Waals surface area contributed by atoms with Gasteiger partial charge in [0.05, 0.1) is 30.3 Å². The predicted octanol–water partition coefficient (Wildman–Crippen LogP) is 4.06. The third-order valence-electron chi connectivity index (χ3n) is 5.61.